The lowest BCUT2D eigenvalue weighted by atomic mass is 10.1. The monoisotopic (exact) mass is 264 g/mol. The Bertz CT molecular complexity index is 448. The minimum atomic E-state index is -0.437. The fraction of sp³-hybridized carbons (Fsp3) is 0. The van der Waals surface area contributed by atoms with Crippen LogP contribution in [-0.2, 0) is 9.59 Å². The Labute approximate surface area is 119 Å². The van der Waals surface area contributed by atoms with Crippen LogP contribution in [0.2, 0.25) is 0 Å². The van der Waals surface area contributed by atoms with E-state index in [1.165, 1.54) is 12.2 Å². The molecule has 0 spiro atoms. The molecule has 0 aromatic heterocycles. The van der Waals surface area contributed by atoms with E-state index in [0.29, 0.717) is 0 Å². The average molecular weight is 264 g/mol. The number of rotatable bonds is 0. The summed E-state index contributed by atoms with van der Waals surface area (Å²) in [5.74, 6) is -0.875. The number of carbonyl (C=O) groups excluding carboxylic acids is 2. The van der Waals surface area contributed by atoms with E-state index in [1.807, 2.05) is 72.8 Å². The molecule has 3 rings (SSSR count). The second kappa shape index (κ2) is 10.2. The van der Waals surface area contributed by atoms with Gasteiger partial charge in [0, 0.05) is 0 Å². The van der Waals surface area contributed by atoms with Gasteiger partial charge in [-0.3, -0.25) is 9.59 Å². The van der Waals surface area contributed by atoms with Crippen LogP contribution in [0, 0.1) is 0 Å². The van der Waals surface area contributed by atoms with Crippen molar-refractivity contribution >= 4 is 11.6 Å². The summed E-state index contributed by atoms with van der Waals surface area (Å²) >= 11 is 0. The number of hydrogen-bond donors (Lipinski definition) is 0. The maximum Gasteiger partial charge on any atom is 0.225 e. The molecular formula is C18H16O2. The molecule has 100 valence electrons. The molecule has 1 aliphatic carbocycles. The predicted octanol–water partition coefficient (Wildman–Crippen LogP) is 3.62. The van der Waals surface area contributed by atoms with Crippen LogP contribution in [0.1, 0.15) is 0 Å². The number of ketones is 2. The van der Waals surface area contributed by atoms with Crippen molar-refractivity contribution in [2.24, 2.45) is 0 Å². The number of allylic oxidation sites excluding steroid dienone is 4. The molecule has 2 nitrogen and oxygen atoms in total. The van der Waals surface area contributed by atoms with Crippen molar-refractivity contribution < 1.29 is 9.59 Å². The van der Waals surface area contributed by atoms with E-state index in [4.69, 9.17) is 0 Å². The van der Waals surface area contributed by atoms with E-state index >= 15 is 0 Å². The van der Waals surface area contributed by atoms with Crippen molar-refractivity contribution in [2.75, 3.05) is 0 Å². The molecule has 1 aliphatic rings. The number of carbonyl (C=O) groups is 2. The van der Waals surface area contributed by atoms with E-state index in [0.717, 1.165) is 0 Å². The summed E-state index contributed by atoms with van der Waals surface area (Å²) in [5.41, 5.74) is 0. The summed E-state index contributed by atoms with van der Waals surface area (Å²) in [6, 6.07) is 24.0. The normalized spacial score (nSPS) is 11.8. The van der Waals surface area contributed by atoms with Crippen molar-refractivity contribution in [3.63, 3.8) is 0 Å². The van der Waals surface area contributed by atoms with Gasteiger partial charge in [0.2, 0.25) is 11.6 Å². The minimum absolute atomic E-state index is 0.437. The molecule has 0 aliphatic heterocycles. The summed E-state index contributed by atoms with van der Waals surface area (Å²) in [6.07, 6.45) is 5.60. The SMILES string of the molecule is O=C1C=CC=CC1=O.c1ccccc1.c1ccccc1. The molecule has 0 saturated heterocycles. The Morgan fingerprint density at radius 1 is 0.400 bits per heavy atom. The standard InChI is InChI=1S/C6H4O2.2C6H6/c7-5-3-1-2-4-6(5)8;2*1-2-4-6-5-3-1/h1-4H;2*1-6H. The fourth-order valence-electron chi connectivity index (χ4n) is 1.22. The van der Waals surface area contributed by atoms with Gasteiger partial charge < -0.3 is 0 Å². The van der Waals surface area contributed by atoms with E-state index in [9.17, 15) is 9.59 Å². The van der Waals surface area contributed by atoms with Gasteiger partial charge in [-0.05, 0) is 12.2 Å². The first-order valence-corrected chi connectivity index (χ1v) is 6.24. The first-order valence-electron chi connectivity index (χ1n) is 6.24. The Morgan fingerprint density at radius 3 is 0.750 bits per heavy atom. The van der Waals surface area contributed by atoms with Crippen molar-refractivity contribution in [2.45, 2.75) is 0 Å². The smallest absolute Gasteiger partial charge is 0.225 e. The summed E-state index contributed by atoms with van der Waals surface area (Å²) in [4.78, 5) is 20.6. The van der Waals surface area contributed by atoms with E-state index in [2.05, 4.69) is 0 Å². The van der Waals surface area contributed by atoms with Crippen LogP contribution in [0.5, 0.6) is 0 Å². The van der Waals surface area contributed by atoms with Gasteiger partial charge in [-0.25, -0.2) is 0 Å². The maximum atomic E-state index is 10.3. The van der Waals surface area contributed by atoms with Crippen molar-refractivity contribution in [3.05, 3.63) is 97.1 Å². The van der Waals surface area contributed by atoms with Crippen molar-refractivity contribution in [1.82, 2.24) is 0 Å². The molecule has 0 amide bonds. The van der Waals surface area contributed by atoms with Gasteiger partial charge in [0.25, 0.3) is 0 Å². The molecule has 2 aromatic carbocycles. The van der Waals surface area contributed by atoms with Crippen molar-refractivity contribution in [1.29, 1.82) is 0 Å². The van der Waals surface area contributed by atoms with Crippen LogP contribution in [0.4, 0.5) is 0 Å². The van der Waals surface area contributed by atoms with Crippen LogP contribution in [0.25, 0.3) is 0 Å². The Kier molecular flexibility index (Phi) is 7.82. The molecule has 0 radical (unpaired) electrons. The maximum absolute atomic E-state index is 10.3. The highest BCUT2D eigenvalue weighted by atomic mass is 16.2. The molecule has 2 aromatic rings. The second-order valence-corrected chi connectivity index (χ2v) is 3.76. The summed E-state index contributed by atoms with van der Waals surface area (Å²) in [6.45, 7) is 0. The molecule has 2 heteroatoms. The molecule has 0 saturated carbocycles. The van der Waals surface area contributed by atoms with Gasteiger partial charge in [0.15, 0.2) is 0 Å². The third-order valence-electron chi connectivity index (χ3n) is 2.18. The van der Waals surface area contributed by atoms with Crippen LogP contribution < -0.4 is 0 Å². The quantitative estimate of drug-likeness (QED) is 0.538. The average Bonchev–Trinajstić information content (AvgIpc) is 2.55. The van der Waals surface area contributed by atoms with Crippen LogP contribution in [0.15, 0.2) is 97.1 Å². The zero-order valence-corrected chi connectivity index (χ0v) is 11.1. The second-order valence-electron chi connectivity index (χ2n) is 3.76. The third-order valence-corrected chi connectivity index (χ3v) is 2.18. The van der Waals surface area contributed by atoms with Gasteiger partial charge in [0.05, 0.1) is 0 Å². The van der Waals surface area contributed by atoms with Crippen LogP contribution >= 0.6 is 0 Å². The highest BCUT2D eigenvalue weighted by Crippen LogP contribution is 1.90. The lowest BCUT2D eigenvalue weighted by molar-refractivity contribution is -0.131. The number of hydrogen-bond acceptors (Lipinski definition) is 2. The largest absolute Gasteiger partial charge is 0.286 e. The lowest BCUT2D eigenvalue weighted by Crippen LogP contribution is -2.08. The highest BCUT2D eigenvalue weighted by molar-refractivity contribution is 6.46. The molecule has 0 heterocycles. The van der Waals surface area contributed by atoms with E-state index in [-0.39, 0.29) is 0 Å². The van der Waals surface area contributed by atoms with E-state index in [1.54, 1.807) is 12.2 Å². The van der Waals surface area contributed by atoms with Crippen LogP contribution in [0.3, 0.4) is 0 Å². The minimum Gasteiger partial charge on any atom is -0.286 e. The topological polar surface area (TPSA) is 34.1 Å². The molecule has 0 N–H and O–H groups in total. The van der Waals surface area contributed by atoms with Gasteiger partial charge >= 0.3 is 0 Å². The molecule has 0 fully saturated rings. The molecule has 0 unspecified atom stereocenters. The molecular weight excluding hydrogens is 248 g/mol. The fourth-order valence-corrected chi connectivity index (χ4v) is 1.22. The van der Waals surface area contributed by atoms with Gasteiger partial charge in [0.1, 0.15) is 0 Å². The molecule has 0 bridgehead atoms. The van der Waals surface area contributed by atoms with Gasteiger partial charge in [-0.15, -0.1) is 0 Å². The Hall–Kier alpha value is -2.74. The predicted molar refractivity (Wildman–Crippen MR) is 81.2 cm³/mol. The highest BCUT2D eigenvalue weighted by Gasteiger charge is 2.06. The first kappa shape index (κ1) is 15.3. The molecule has 0 atom stereocenters. The molecule has 20 heavy (non-hydrogen) atoms. The zero-order valence-electron chi connectivity index (χ0n) is 11.1. The zero-order chi connectivity index (χ0) is 14.5. The summed E-state index contributed by atoms with van der Waals surface area (Å²) in [5, 5.41) is 0. The van der Waals surface area contributed by atoms with Gasteiger partial charge in [-0.1, -0.05) is 84.9 Å². The Balaban J connectivity index is 0.000000152. The Morgan fingerprint density at radius 2 is 0.600 bits per heavy atom. The third kappa shape index (κ3) is 7.56. The van der Waals surface area contributed by atoms with Gasteiger partial charge in [-0.2, -0.15) is 0 Å². The lowest BCUT2D eigenvalue weighted by Gasteiger charge is -1.88. The summed E-state index contributed by atoms with van der Waals surface area (Å²) < 4.78 is 0. The van der Waals surface area contributed by atoms with E-state index < -0.39 is 11.6 Å². The van der Waals surface area contributed by atoms with Crippen molar-refractivity contribution in [3.8, 4) is 0 Å². The summed E-state index contributed by atoms with van der Waals surface area (Å²) in [7, 11) is 0. The first-order chi connectivity index (χ1) is 9.80. The number of benzene rings is 2. The van der Waals surface area contributed by atoms with Crippen LogP contribution in [-0.4, -0.2) is 11.6 Å².